The van der Waals surface area contributed by atoms with Crippen molar-refractivity contribution in [2.24, 2.45) is 0 Å². The van der Waals surface area contributed by atoms with Crippen LogP contribution in [-0.4, -0.2) is 9.55 Å². The Hall–Kier alpha value is -2.39. The van der Waals surface area contributed by atoms with Gasteiger partial charge in [0.05, 0.1) is 0 Å². The van der Waals surface area contributed by atoms with E-state index in [2.05, 4.69) is 69.8 Å². The van der Waals surface area contributed by atoms with Gasteiger partial charge in [0.15, 0.2) is 0 Å². The Balaban J connectivity index is 1.83. The van der Waals surface area contributed by atoms with E-state index in [1.54, 1.807) is 11.3 Å². The van der Waals surface area contributed by atoms with Gasteiger partial charge in [-0.1, -0.05) is 31.5 Å². The van der Waals surface area contributed by atoms with E-state index in [-0.39, 0.29) is 0 Å². The highest BCUT2D eigenvalue weighted by atomic mass is 32.1. The number of unbranched alkanes of at least 4 members (excludes halogenated alkanes) is 1. The summed E-state index contributed by atoms with van der Waals surface area (Å²) in [5, 5.41) is 5.59. The number of thiophene rings is 1. The van der Waals surface area contributed by atoms with Crippen molar-refractivity contribution >= 4 is 22.2 Å². The number of aryl methyl sites for hydroxylation is 1. The summed E-state index contributed by atoms with van der Waals surface area (Å²) in [7, 11) is 0. The van der Waals surface area contributed by atoms with E-state index in [0.717, 1.165) is 6.54 Å². The third kappa shape index (κ3) is 2.76. The third-order valence-electron chi connectivity index (χ3n) is 4.44. The second-order valence-electron chi connectivity index (χ2n) is 6.08. The Morgan fingerprint density at radius 2 is 1.92 bits per heavy atom. The van der Waals surface area contributed by atoms with E-state index in [1.807, 2.05) is 12.4 Å². The van der Waals surface area contributed by atoms with Gasteiger partial charge in [0.25, 0.3) is 0 Å². The maximum Gasteiger partial charge on any atom is 0.0486 e. The molecule has 0 radical (unpaired) electrons. The minimum atomic E-state index is 1.06. The van der Waals surface area contributed by atoms with E-state index >= 15 is 0 Å². The zero-order valence-corrected chi connectivity index (χ0v) is 14.6. The van der Waals surface area contributed by atoms with Gasteiger partial charge in [-0.15, -0.1) is 0 Å². The van der Waals surface area contributed by atoms with Crippen molar-refractivity contribution in [3.8, 4) is 22.3 Å². The number of fused-ring (bicyclic) bond motifs is 1. The molecule has 3 heteroatoms. The van der Waals surface area contributed by atoms with Crippen LogP contribution in [0.4, 0.5) is 0 Å². The average molecular weight is 332 g/mol. The number of hydrogen-bond donors (Lipinski definition) is 0. The lowest BCUT2D eigenvalue weighted by Crippen LogP contribution is -1.94. The molecular weight excluding hydrogens is 312 g/mol. The van der Waals surface area contributed by atoms with Crippen molar-refractivity contribution < 1.29 is 0 Å². The second kappa shape index (κ2) is 6.62. The number of nitrogens with zero attached hydrogens (tertiary/aromatic N) is 2. The van der Waals surface area contributed by atoms with E-state index in [9.17, 15) is 0 Å². The largest absolute Gasteiger partial charge is 0.347 e. The fourth-order valence-electron chi connectivity index (χ4n) is 3.16. The van der Waals surface area contributed by atoms with Crippen LogP contribution < -0.4 is 0 Å². The molecule has 0 atom stereocenters. The van der Waals surface area contributed by atoms with Crippen LogP contribution in [0.25, 0.3) is 33.2 Å². The summed E-state index contributed by atoms with van der Waals surface area (Å²) in [6.45, 7) is 3.30. The molecule has 0 amide bonds. The van der Waals surface area contributed by atoms with Crippen LogP contribution in [0.1, 0.15) is 19.8 Å². The lowest BCUT2D eigenvalue weighted by Gasteiger charge is -2.03. The van der Waals surface area contributed by atoms with Crippen LogP contribution >= 0.6 is 11.3 Å². The fraction of sp³-hybridized carbons (Fsp3) is 0.190. The maximum atomic E-state index is 4.49. The maximum absolute atomic E-state index is 4.49. The van der Waals surface area contributed by atoms with Crippen LogP contribution in [0.5, 0.6) is 0 Å². The highest BCUT2D eigenvalue weighted by Gasteiger charge is 2.11. The Bertz CT molecular complexity index is 951. The number of pyridine rings is 1. The van der Waals surface area contributed by atoms with E-state index in [4.69, 9.17) is 0 Å². The van der Waals surface area contributed by atoms with Gasteiger partial charge in [0.1, 0.15) is 0 Å². The molecule has 4 aromatic rings. The average Bonchev–Trinajstić information content (AvgIpc) is 3.28. The highest BCUT2D eigenvalue weighted by molar-refractivity contribution is 7.08. The zero-order chi connectivity index (χ0) is 16.4. The van der Waals surface area contributed by atoms with Crippen molar-refractivity contribution in [1.29, 1.82) is 0 Å². The summed E-state index contributed by atoms with van der Waals surface area (Å²) >= 11 is 1.72. The Morgan fingerprint density at radius 3 is 2.75 bits per heavy atom. The van der Waals surface area contributed by atoms with Crippen LogP contribution in [0.15, 0.2) is 65.7 Å². The molecular formula is C21H20N2S. The first-order valence-corrected chi connectivity index (χ1v) is 9.37. The third-order valence-corrected chi connectivity index (χ3v) is 5.13. The minimum absolute atomic E-state index is 1.06. The van der Waals surface area contributed by atoms with Crippen molar-refractivity contribution in [2.45, 2.75) is 26.3 Å². The Kier molecular flexibility index (Phi) is 4.18. The summed E-state index contributed by atoms with van der Waals surface area (Å²) in [5.74, 6) is 0. The number of hydrogen-bond acceptors (Lipinski definition) is 2. The molecule has 0 saturated carbocycles. The number of para-hydroxylation sites is 1. The normalized spacial score (nSPS) is 11.2. The van der Waals surface area contributed by atoms with Gasteiger partial charge in [-0.05, 0) is 40.9 Å². The molecule has 0 aliphatic heterocycles. The van der Waals surface area contributed by atoms with E-state index < -0.39 is 0 Å². The smallest absolute Gasteiger partial charge is 0.0486 e. The molecule has 1 aromatic carbocycles. The second-order valence-corrected chi connectivity index (χ2v) is 6.86. The first kappa shape index (κ1) is 15.2. The first-order valence-electron chi connectivity index (χ1n) is 8.42. The van der Waals surface area contributed by atoms with Gasteiger partial charge in [0.2, 0.25) is 0 Å². The molecule has 2 nitrogen and oxygen atoms in total. The van der Waals surface area contributed by atoms with Gasteiger partial charge >= 0.3 is 0 Å². The fourth-order valence-corrected chi connectivity index (χ4v) is 3.83. The molecule has 0 aliphatic rings. The molecule has 0 spiro atoms. The molecule has 3 aromatic heterocycles. The standard InChI is InChI=1S/C21H20N2S/c1-2-3-9-23-14-20(19-6-4-5-7-21(19)23)18-11-17(12-22-13-18)16-8-10-24-15-16/h4-8,10-15H,2-3,9H2,1H3. The molecule has 120 valence electrons. The SMILES string of the molecule is CCCCn1cc(-c2cncc(-c3ccsc3)c2)c2ccccc21. The molecule has 0 bridgehead atoms. The van der Waals surface area contributed by atoms with Crippen LogP contribution in [0.3, 0.4) is 0 Å². The van der Waals surface area contributed by atoms with Crippen molar-refractivity contribution in [3.63, 3.8) is 0 Å². The molecule has 3 heterocycles. The van der Waals surface area contributed by atoms with Crippen LogP contribution in [-0.2, 0) is 6.54 Å². The quantitative estimate of drug-likeness (QED) is 0.423. The van der Waals surface area contributed by atoms with Gasteiger partial charge < -0.3 is 4.57 Å². The lowest BCUT2D eigenvalue weighted by molar-refractivity contribution is 0.650. The summed E-state index contributed by atoms with van der Waals surface area (Å²) in [5.41, 5.74) is 6.18. The Morgan fingerprint density at radius 1 is 1.04 bits per heavy atom. The van der Waals surface area contributed by atoms with Gasteiger partial charge in [0, 0.05) is 52.7 Å². The highest BCUT2D eigenvalue weighted by Crippen LogP contribution is 2.33. The zero-order valence-electron chi connectivity index (χ0n) is 13.8. The van der Waals surface area contributed by atoms with E-state index in [0.29, 0.717) is 0 Å². The number of benzene rings is 1. The van der Waals surface area contributed by atoms with E-state index in [1.165, 1.54) is 46.0 Å². The monoisotopic (exact) mass is 332 g/mol. The molecule has 0 fully saturated rings. The van der Waals surface area contributed by atoms with Crippen LogP contribution in [0, 0.1) is 0 Å². The summed E-state index contributed by atoms with van der Waals surface area (Å²) in [4.78, 5) is 4.49. The topological polar surface area (TPSA) is 17.8 Å². The summed E-state index contributed by atoms with van der Waals surface area (Å²) < 4.78 is 2.38. The van der Waals surface area contributed by atoms with Crippen molar-refractivity contribution in [1.82, 2.24) is 9.55 Å². The van der Waals surface area contributed by atoms with Gasteiger partial charge in [-0.25, -0.2) is 0 Å². The molecule has 0 saturated heterocycles. The van der Waals surface area contributed by atoms with Gasteiger partial charge in [-0.2, -0.15) is 11.3 Å². The predicted octanol–water partition coefficient (Wildman–Crippen LogP) is 6.23. The van der Waals surface area contributed by atoms with Crippen LogP contribution in [0.2, 0.25) is 0 Å². The molecule has 0 aliphatic carbocycles. The molecule has 0 N–H and O–H groups in total. The summed E-state index contributed by atoms with van der Waals surface area (Å²) in [6.07, 6.45) is 8.61. The molecule has 4 rings (SSSR count). The number of rotatable bonds is 5. The minimum Gasteiger partial charge on any atom is -0.347 e. The summed E-state index contributed by atoms with van der Waals surface area (Å²) in [6, 6.07) is 13.1. The van der Waals surface area contributed by atoms with Crippen molar-refractivity contribution in [3.05, 3.63) is 65.7 Å². The molecule has 24 heavy (non-hydrogen) atoms. The van der Waals surface area contributed by atoms with Gasteiger partial charge in [-0.3, -0.25) is 4.98 Å². The number of aromatic nitrogens is 2. The van der Waals surface area contributed by atoms with Crippen molar-refractivity contribution in [2.75, 3.05) is 0 Å². The predicted molar refractivity (Wildman–Crippen MR) is 103 cm³/mol. The Labute approximate surface area is 146 Å². The first-order chi connectivity index (χ1) is 11.9. The lowest BCUT2D eigenvalue weighted by atomic mass is 10.0. The molecule has 0 unspecified atom stereocenters.